The number of halogens is 1. The molecule has 0 bridgehead atoms. The number of likely N-dealkylation sites (tertiary alicyclic amines) is 1. The SMILES string of the molecule is Cc1ccccc1CNC(=O)CC1CCN(C(=O)Nc2ccccc2F)CC1. The monoisotopic (exact) mass is 383 g/mol. The molecule has 2 aromatic carbocycles. The summed E-state index contributed by atoms with van der Waals surface area (Å²) >= 11 is 0. The molecule has 148 valence electrons. The van der Waals surface area contributed by atoms with Gasteiger partial charge < -0.3 is 15.5 Å². The topological polar surface area (TPSA) is 61.4 Å². The van der Waals surface area contributed by atoms with E-state index in [4.69, 9.17) is 0 Å². The minimum Gasteiger partial charge on any atom is -0.352 e. The summed E-state index contributed by atoms with van der Waals surface area (Å²) in [5, 5.41) is 5.60. The van der Waals surface area contributed by atoms with Crippen LogP contribution in [-0.4, -0.2) is 29.9 Å². The molecule has 1 heterocycles. The highest BCUT2D eigenvalue weighted by Crippen LogP contribution is 2.22. The maximum absolute atomic E-state index is 13.7. The van der Waals surface area contributed by atoms with E-state index in [2.05, 4.69) is 10.6 Å². The molecular formula is C22H26FN3O2. The Labute approximate surface area is 164 Å². The molecule has 5 nitrogen and oxygen atoms in total. The highest BCUT2D eigenvalue weighted by molar-refractivity contribution is 5.89. The lowest BCUT2D eigenvalue weighted by Gasteiger charge is -2.31. The Morgan fingerprint density at radius 2 is 1.75 bits per heavy atom. The van der Waals surface area contributed by atoms with Crippen LogP contribution in [-0.2, 0) is 11.3 Å². The number of rotatable bonds is 5. The van der Waals surface area contributed by atoms with E-state index in [1.165, 1.54) is 6.07 Å². The summed E-state index contributed by atoms with van der Waals surface area (Å²) in [5.74, 6) is -0.150. The maximum Gasteiger partial charge on any atom is 0.321 e. The first-order chi connectivity index (χ1) is 13.5. The molecule has 3 amide bonds. The zero-order valence-electron chi connectivity index (χ0n) is 16.1. The summed E-state index contributed by atoms with van der Waals surface area (Å²) in [6.45, 7) is 3.70. The van der Waals surface area contributed by atoms with E-state index >= 15 is 0 Å². The van der Waals surface area contributed by atoms with Gasteiger partial charge in [-0.15, -0.1) is 0 Å². The zero-order chi connectivity index (χ0) is 19.9. The molecule has 1 aliphatic rings. The Morgan fingerprint density at radius 1 is 1.07 bits per heavy atom. The van der Waals surface area contributed by atoms with E-state index in [0.29, 0.717) is 26.1 Å². The van der Waals surface area contributed by atoms with Gasteiger partial charge in [-0.3, -0.25) is 4.79 Å². The lowest BCUT2D eigenvalue weighted by molar-refractivity contribution is -0.122. The van der Waals surface area contributed by atoms with Crippen molar-refractivity contribution in [3.05, 3.63) is 65.5 Å². The standard InChI is InChI=1S/C22H26FN3O2/c1-16-6-2-3-7-18(16)15-24-21(27)14-17-10-12-26(13-11-17)22(28)25-20-9-5-4-8-19(20)23/h2-9,17H,10-15H2,1H3,(H,24,27)(H,25,28). The third kappa shape index (κ3) is 5.31. The highest BCUT2D eigenvalue weighted by Gasteiger charge is 2.24. The number of urea groups is 1. The molecule has 1 fully saturated rings. The van der Waals surface area contributed by atoms with Crippen molar-refractivity contribution in [1.82, 2.24) is 10.2 Å². The van der Waals surface area contributed by atoms with Gasteiger partial charge in [0.15, 0.2) is 0 Å². The average Bonchev–Trinajstić information content (AvgIpc) is 2.69. The minimum atomic E-state index is -0.448. The number of amides is 3. The molecule has 1 saturated heterocycles. The van der Waals surface area contributed by atoms with E-state index < -0.39 is 5.82 Å². The Bertz CT molecular complexity index is 832. The number of benzene rings is 2. The van der Waals surface area contributed by atoms with Crippen LogP contribution >= 0.6 is 0 Å². The van der Waals surface area contributed by atoms with E-state index in [-0.39, 0.29) is 23.5 Å². The van der Waals surface area contributed by atoms with Crippen LogP contribution in [0, 0.1) is 18.7 Å². The van der Waals surface area contributed by atoms with Crippen LogP contribution in [0.25, 0.3) is 0 Å². The molecule has 6 heteroatoms. The van der Waals surface area contributed by atoms with Crippen molar-refractivity contribution in [1.29, 1.82) is 0 Å². The number of carbonyl (C=O) groups is 2. The van der Waals surface area contributed by atoms with E-state index in [1.54, 1.807) is 23.1 Å². The maximum atomic E-state index is 13.7. The van der Waals surface area contributed by atoms with Crippen molar-refractivity contribution in [2.24, 2.45) is 5.92 Å². The summed E-state index contributed by atoms with van der Waals surface area (Å²) in [6, 6.07) is 13.8. The summed E-state index contributed by atoms with van der Waals surface area (Å²) in [5.41, 5.74) is 2.47. The van der Waals surface area contributed by atoms with E-state index in [0.717, 1.165) is 24.0 Å². The number of nitrogens with zero attached hydrogens (tertiary/aromatic N) is 1. The lowest BCUT2D eigenvalue weighted by Crippen LogP contribution is -2.42. The normalized spacial score (nSPS) is 14.6. The molecule has 0 saturated carbocycles. The van der Waals surface area contributed by atoms with Gasteiger partial charge in [-0.25, -0.2) is 9.18 Å². The third-order valence-electron chi connectivity index (χ3n) is 5.23. The second kappa shape index (κ2) is 9.35. The van der Waals surface area contributed by atoms with Gasteiger partial charge in [0.25, 0.3) is 0 Å². The van der Waals surface area contributed by atoms with Crippen molar-refractivity contribution >= 4 is 17.6 Å². The fourth-order valence-electron chi connectivity index (χ4n) is 3.43. The first-order valence-corrected chi connectivity index (χ1v) is 9.64. The lowest BCUT2D eigenvalue weighted by atomic mass is 9.93. The zero-order valence-corrected chi connectivity index (χ0v) is 16.1. The van der Waals surface area contributed by atoms with Crippen LogP contribution in [0.1, 0.15) is 30.4 Å². The smallest absolute Gasteiger partial charge is 0.321 e. The number of para-hydroxylation sites is 1. The number of hydrogen-bond donors (Lipinski definition) is 2. The second-order valence-electron chi connectivity index (χ2n) is 7.25. The average molecular weight is 383 g/mol. The van der Waals surface area contributed by atoms with E-state index in [9.17, 15) is 14.0 Å². The molecule has 2 aromatic rings. The number of aryl methyl sites for hydroxylation is 1. The Kier molecular flexibility index (Phi) is 6.63. The van der Waals surface area contributed by atoms with Gasteiger partial charge in [-0.1, -0.05) is 36.4 Å². The number of anilines is 1. The molecule has 28 heavy (non-hydrogen) atoms. The fourth-order valence-corrected chi connectivity index (χ4v) is 3.43. The van der Waals surface area contributed by atoms with Crippen LogP contribution in [0.3, 0.4) is 0 Å². The third-order valence-corrected chi connectivity index (χ3v) is 5.23. The van der Waals surface area contributed by atoms with Gasteiger partial charge in [0.2, 0.25) is 5.91 Å². The number of nitrogens with one attached hydrogen (secondary N) is 2. The van der Waals surface area contributed by atoms with Gasteiger partial charge in [0, 0.05) is 26.1 Å². The minimum absolute atomic E-state index is 0.0394. The van der Waals surface area contributed by atoms with Crippen LogP contribution in [0.5, 0.6) is 0 Å². The van der Waals surface area contributed by atoms with Crippen molar-refractivity contribution in [2.75, 3.05) is 18.4 Å². The van der Waals surface area contributed by atoms with Crippen molar-refractivity contribution in [3.8, 4) is 0 Å². The molecule has 3 rings (SSSR count). The predicted octanol–water partition coefficient (Wildman–Crippen LogP) is 4.08. The summed E-state index contributed by atoms with van der Waals surface area (Å²) in [4.78, 5) is 26.2. The number of hydrogen-bond acceptors (Lipinski definition) is 2. The van der Waals surface area contributed by atoms with Gasteiger partial charge in [-0.05, 0) is 48.9 Å². The molecule has 0 unspecified atom stereocenters. The molecule has 2 N–H and O–H groups in total. The number of carbonyl (C=O) groups excluding carboxylic acids is 2. The summed E-state index contributed by atoms with van der Waals surface area (Å²) in [6.07, 6.45) is 2.00. The summed E-state index contributed by atoms with van der Waals surface area (Å²) in [7, 11) is 0. The first-order valence-electron chi connectivity index (χ1n) is 9.64. The van der Waals surface area contributed by atoms with E-state index in [1.807, 2.05) is 31.2 Å². The van der Waals surface area contributed by atoms with Gasteiger partial charge in [0.05, 0.1) is 5.69 Å². The second-order valence-corrected chi connectivity index (χ2v) is 7.25. The largest absolute Gasteiger partial charge is 0.352 e. The molecule has 0 atom stereocenters. The van der Waals surface area contributed by atoms with Crippen LogP contribution < -0.4 is 10.6 Å². The van der Waals surface area contributed by atoms with Crippen LogP contribution in [0.15, 0.2) is 48.5 Å². The molecule has 0 spiro atoms. The van der Waals surface area contributed by atoms with Gasteiger partial charge in [-0.2, -0.15) is 0 Å². The first kappa shape index (κ1) is 19.9. The fraction of sp³-hybridized carbons (Fsp3) is 0.364. The molecule has 1 aliphatic heterocycles. The van der Waals surface area contributed by atoms with Crippen LogP contribution in [0.2, 0.25) is 0 Å². The predicted molar refractivity (Wildman–Crippen MR) is 107 cm³/mol. The molecular weight excluding hydrogens is 357 g/mol. The van der Waals surface area contributed by atoms with Crippen LogP contribution in [0.4, 0.5) is 14.9 Å². The quantitative estimate of drug-likeness (QED) is 0.817. The van der Waals surface area contributed by atoms with Crippen molar-refractivity contribution < 1.29 is 14.0 Å². The number of piperidine rings is 1. The molecule has 0 aromatic heterocycles. The van der Waals surface area contributed by atoms with Crippen molar-refractivity contribution in [2.45, 2.75) is 32.7 Å². The highest BCUT2D eigenvalue weighted by atomic mass is 19.1. The van der Waals surface area contributed by atoms with Gasteiger partial charge >= 0.3 is 6.03 Å². The Morgan fingerprint density at radius 3 is 2.46 bits per heavy atom. The molecule has 0 aliphatic carbocycles. The van der Waals surface area contributed by atoms with Crippen molar-refractivity contribution in [3.63, 3.8) is 0 Å². The Balaban J connectivity index is 1.41. The molecule has 0 radical (unpaired) electrons. The Hall–Kier alpha value is -2.89. The summed E-state index contributed by atoms with van der Waals surface area (Å²) < 4.78 is 13.7. The van der Waals surface area contributed by atoms with Gasteiger partial charge in [0.1, 0.15) is 5.82 Å².